The van der Waals surface area contributed by atoms with Crippen LogP contribution in [0.5, 0.6) is 23.0 Å². The number of imide groups is 2. The van der Waals surface area contributed by atoms with Crippen LogP contribution in [0, 0.1) is 6.92 Å². The van der Waals surface area contributed by atoms with Gasteiger partial charge in [0.05, 0.1) is 27.9 Å². The lowest BCUT2D eigenvalue weighted by molar-refractivity contribution is 0.0692. The maximum atomic E-state index is 13.6. The van der Waals surface area contributed by atoms with Gasteiger partial charge in [-0.2, -0.15) is 0 Å². The van der Waals surface area contributed by atoms with E-state index in [1.54, 1.807) is 54.6 Å². The molecule has 8 heteroatoms. The van der Waals surface area contributed by atoms with Gasteiger partial charge in [0, 0.05) is 12.5 Å². The molecule has 2 heterocycles. The normalized spacial score (nSPS) is 13.7. The lowest BCUT2D eigenvalue weighted by atomic mass is 9.78. The summed E-state index contributed by atoms with van der Waals surface area (Å²) in [6.07, 6.45) is 0.426. The number of hydrogen-bond donors (Lipinski definition) is 0. The van der Waals surface area contributed by atoms with Crippen molar-refractivity contribution in [2.45, 2.75) is 32.6 Å². The Labute approximate surface area is 313 Å². The Morgan fingerprint density at radius 3 is 1.37 bits per heavy atom. The van der Waals surface area contributed by atoms with Crippen molar-refractivity contribution in [2.75, 3.05) is 11.9 Å². The molecule has 0 saturated heterocycles. The average Bonchev–Trinajstić information content (AvgIpc) is 3.55. The van der Waals surface area contributed by atoms with E-state index in [-0.39, 0.29) is 17.2 Å². The minimum atomic E-state index is -0.409. The van der Waals surface area contributed by atoms with E-state index < -0.39 is 11.8 Å². The van der Waals surface area contributed by atoms with E-state index >= 15 is 0 Å². The van der Waals surface area contributed by atoms with Crippen molar-refractivity contribution in [3.63, 3.8) is 0 Å². The molecule has 0 N–H and O–H groups in total. The highest BCUT2D eigenvalue weighted by atomic mass is 16.5. The van der Waals surface area contributed by atoms with Gasteiger partial charge < -0.3 is 9.47 Å². The molecular weight excluding hydrogens is 677 g/mol. The minimum Gasteiger partial charge on any atom is -0.457 e. The van der Waals surface area contributed by atoms with E-state index in [1.165, 1.54) is 17.5 Å². The van der Waals surface area contributed by atoms with E-state index in [9.17, 15) is 19.2 Å². The molecule has 0 aliphatic carbocycles. The second-order valence-electron chi connectivity index (χ2n) is 14.2. The lowest BCUT2D eigenvalue weighted by Gasteiger charge is -2.26. The summed E-state index contributed by atoms with van der Waals surface area (Å²) in [5.74, 6) is 1.34. The first kappa shape index (κ1) is 34.3. The summed E-state index contributed by atoms with van der Waals surface area (Å²) < 4.78 is 12.1. The van der Waals surface area contributed by atoms with E-state index in [0.717, 1.165) is 38.7 Å². The molecule has 0 spiro atoms. The first-order valence-electron chi connectivity index (χ1n) is 17.7. The molecule has 0 atom stereocenters. The number of nitrogens with zero attached hydrogens (tertiary/aromatic N) is 2. The first-order chi connectivity index (χ1) is 26.0. The zero-order valence-electron chi connectivity index (χ0n) is 30.3. The molecule has 6 aromatic carbocycles. The predicted molar refractivity (Wildman–Crippen MR) is 206 cm³/mol. The maximum Gasteiger partial charge on any atom is 0.266 e. The van der Waals surface area contributed by atoms with Gasteiger partial charge in [-0.15, -0.1) is 0 Å². The number of fused-ring (bicyclic) bond motifs is 2. The highest BCUT2D eigenvalue weighted by Gasteiger charge is 2.37. The quantitative estimate of drug-likeness (QED) is 0.139. The van der Waals surface area contributed by atoms with Gasteiger partial charge in [0.15, 0.2) is 0 Å². The van der Waals surface area contributed by atoms with Crippen molar-refractivity contribution in [3.05, 3.63) is 184 Å². The van der Waals surface area contributed by atoms with Gasteiger partial charge in [-0.3, -0.25) is 24.1 Å². The highest BCUT2D eigenvalue weighted by molar-refractivity contribution is 6.34. The third kappa shape index (κ3) is 6.21. The molecule has 2 aliphatic rings. The third-order valence-electron chi connectivity index (χ3n) is 10.3. The third-order valence-corrected chi connectivity index (χ3v) is 10.3. The number of rotatable bonds is 9. The molecule has 4 amide bonds. The Hall–Kier alpha value is -6.80. The fourth-order valence-electron chi connectivity index (χ4n) is 6.97. The van der Waals surface area contributed by atoms with Gasteiger partial charge in [-0.05, 0) is 121 Å². The van der Waals surface area contributed by atoms with Crippen molar-refractivity contribution in [2.24, 2.45) is 0 Å². The van der Waals surface area contributed by atoms with Gasteiger partial charge in [0.25, 0.3) is 23.6 Å². The summed E-state index contributed by atoms with van der Waals surface area (Å²) in [6.45, 7) is 6.40. The summed E-state index contributed by atoms with van der Waals surface area (Å²) in [7, 11) is 1.46. The summed E-state index contributed by atoms with van der Waals surface area (Å²) in [5.41, 5.74) is 6.66. The second kappa shape index (κ2) is 13.3. The molecule has 8 rings (SSSR count). The Morgan fingerprint density at radius 1 is 0.481 bits per heavy atom. The Morgan fingerprint density at radius 2 is 0.870 bits per heavy atom. The van der Waals surface area contributed by atoms with Crippen LogP contribution in [-0.2, 0) is 11.8 Å². The molecule has 0 saturated carbocycles. The Bertz CT molecular complexity index is 2470. The number of amides is 4. The number of hydrogen-bond acceptors (Lipinski definition) is 6. The van der Waals surface area contributed by atoms with Crippen LogP contribution in [0.1, 0.15) is 83.1 Å². The van der Waals surface area contributed by atoms with Crippen molar-refractivity contribution < 1.29 is 28.7 Å². The molecule has 0 aromatic heterocycles. The molecule has 8 nitrogen and oxygen atoms in total. The fourth-order valence-corrected chi connectivity index (χ4v) is 6.97. The van der Waals surface area contributed by atoms with Crippen molar-refractivity contribution in [3.8, 4) is 23.0 Å². The van der Waals surface area contributed by atoms with Crippen molar-refractivity contribution in [1.29, 1.82) is 0 Å². The lowest BCUT2D eigenvalue weighted by Crippen LogP contribution is -2.29. The van der Waals surface area contributed by atoms with Gasteiger partial charge >= 0.3 is 0 Å². The van der Waals surface area contributed by atoms with Gasteiger partial charge in [-0.25, -0.2) is 4.90 Å². The monoisotopic (exact) mass is 712 g/mol. The number of benzene rings is 6. The largest absolute Gasteiger partial charge is 0.457 e. The maximum absolute atomic E-state index is 13.6. The van der Waals surface area contributed by atoms with E-state index in [1.807, 2.05) is 61.5 Å². The molecule has 0 fully saturated rings. The van der Waals surface area contributed by atoms with Crippen LogP contribution in [0.15, 0.2) is 133 Å². The summed E-state index contributed by atoms with van der Waals surface area (Å²) in [6, 6.07) is 41.3. The summed E-state index contributed by atoms with van der Waals surface area (Å²) in [5, 5.41) is 0. The van der Waals surface area contributed by atoms with Crippen LogP contribution < -0.4 is 14.4 Å². The molecule has 54 heavy (non-hydrogen) atoms. The van der Waals surface area contributed by atoms with Crippen LogP contribution >= 0.6 is 0 Å². The number of carbonyl (C=O) groups excluding carboxylic acids is 4. The van der Waals surface area contributed by atoms with Gasteiger partial charge in [0.2, 0.25) is 0 Å². The fraction of sp³-hybridized carbons (Fsp3) is 0.130. The Balaban J connectivity index is 0.914. The summed E-state index contributed by atoms with van der Waals surface area (Å²) in [4.78, 5) is 54.0. The zero-order valence-corrected chi connectivity index (χ0v) is 30.3. The SMILES string of the molecule is Cc1ccc(Oc2ccc(C(C)(C)c3ccc(Oc4ccc(N5C(=O)c6ccc(Cc7ccc8c(c7)C(=O)N(C)C8=O)cc6C5=O)cc4)cc3)cc2)cc1. The standard InChI is InChI=1S/C46H36N2O6/c1-28-5-15-34(16-6-28)53-35-17-9-31(10-18-35)46(2,3)32-11-19-36(20-12-32)54-37-21-13-33(14-22-37)48-44(51)39-24-8-30(27-41(39)45(48)52)25-29-7-23-38-40(26-29)43(50)47(4)42(38)49/h5-24,26-27H,25H2,1-4H3. The van der Waals surface area contributed by atoms with Gasteiger partial charge in [0.1, 0.15) is 23.0 Å². The second-order valence-corrected chi connectivity index (χ2v) is 14.2. The molecule has 6 aromatic rings. The van der Waals surface area contributed by atoms with Crippen LogP contribution in [0.2, 0.25) is 0 Å². The first-order valence-corrected chi connectivity index (χ1v) is 17.7. The zero-order chi connectivity index (χ0) is 37.7. The van der Waals surface area contributed by atoms with Crippen molar-refractivity contribution in [1.82, 2.24) is 4.90 Å². The molecule has 0 bridgehead atoms. The molecule has 2 aliphatic heterocycles. The predicted octanol–water partition coefficient (Wildman–Crippen LogP) is 9.52. The molecular formula is C46H36N2O6. The molecule has 266 valence electrons. The van der Waals surface area contributed by atoms with Crippen LogP contribution in [-0.4, -0.2) is 35.6 Å². The van der Waals surface area contributed by atoms with E-state index in [0.29, 0.717) is 45.9 Å². The van der Waals surface area contributed by atoms with E-state index in [4.69, 9.17) is 9.47 Å². The van der Waals surface area contributed by atoms with Gasteiger partial charge in [-0.1, -0.05) is 67.9 Å². The Kier molecular flexibility index (Phi) is 8.46. The van der Waals surface area contributed by atoms with Crippen LogP contribution in [0.25, 0.3) is 0 Å². The van der Waals surface area contributed by atoms with Crippen molar-refractivity contribution >= 4 is 29.3 Å². The number of aryl methyl sites for hydroxylation is 1. The molecule has 0 radical (unpaired) electrons. The topological polar surface area (TPSA) is 93.2 Å². The number of ether oxygens (including phenoxy) is 2. The van der Waals surface area contributed by atoms with Crippen LogP contribution in [0.4, 0.5) is 5.69 Å². The van der Waals surface area contributed by atoms with E-state index in [2.05, 4.69) is 38.1 Å². The number of carbonyl (C=O) groups is 4. The minimum absolute atomic E-state index is 0.267. The summed E-state index contributed by atoms with van der Waals surface area (Å²) >= 11 is 0. The molecule has 0 unspecified atom stereocenters. The van der Waals surface area contributed by atoms with Crippen LogP contribution in [0.3, 0.4) is 0 Å². The smallest absolute Gasteiger partial charge is 0.266 e. The highest BCUT2D eigenvalue weighted by Crippen LogP contribution is 2.36. The number of anilines is 1. The average molecular weight is 713 g/mol.